The van der Waals surface area contributed by atoms with Gasteiger partial charge in [0, 0.05) is 16.6 Å². The molecule has 4 aromatic rings. The Morgan fingerprint density at radius 1 is 1.00 bits per heavy atom. The van der Waals surface area contributed by atoms with Gasteiger partial charge >= 0.3 is 0 Å². The molecule has 0 saturated carbocycles. The quantitative estimate of drug-likeness (QED) is 0.404. The molecule has 4 rings (SSSR count). The molecular formula is C23H17Cl2N3O. The molecule has 1 aromatic heterocycles. The van der Waals surface area contributed by atoms with Crippen LogP contribution in [-0.4, -0.2) is 15.9 Å². The van der Waals surface area contributed by atoms with Gasteiger partial charge in [-0.05, 0) is 41.5 Å². The van der Waals surface area contributed by atoms with Crippen LogP contribution in [0, 0.1) is 0 Å². The van der Waals surface area contributed by atoms with Gasteiger partial charge in [-0.3, -0.25) is 4.79 Å². The highest BCUT2D eigenvalue weighted by Gasteiger charge is 2.17. The molecule has 0 radical (unpaired) electrons. The maximum atomic E-state index is 13.1. The van der Waals surface area contributed by atoms with Crippen molar-refractivity contribution in [3.8, 4) is 0 Å². The van der Waals surface area contributed by atoms with Crippen molar-refractivity contribution in [1.82, 2.24) is 15.3 Å². The van der Waals surface area contributed by atoms with E-state index in [2.05, 4.69) is 15.3 Å². The normalized spacial score (nSPS) is 11.6. The van der Waals surface area contributed by atoms with Crippen molar-refractivity contribution in [3.63, 3.8) is 0 Å². The number of rotatable bonds is 5. The van der Waals surface area contributed by atoms with Gasteiger partial charge in [0.05, 0.1) is 16.6 Å². The second-order valence-corrected chi connectivity index (χ2v) is 7.34. The summed E-state index contributed by atoms with van der Waals surface area (Å²) in [5, 5.41) is 3.95. The fourth-order valence-corrected chi connectivity index (χ4v) is 3.43. The third kappa shape index (κ3) is 4.50. The number of H-pyrrole nitrogens is 1. The topological polar surface area (TPSA) is 57.8 Å². The molecule has 0 saturated heterocycles. The van der Waals surface area contributed by atoms with Crippen molar-refractivity contribution in [2.45, 2.75) is 6.54 Å². The summed E-state index contributed by atoms with van der Waals surface area (Å²) >= 11 is 12.3. The highest BCUT2D eigenvalue weighted by Crippen LogP contribution is 2.26. The molecule has 0 aliphatic heterocycles. The fourth-order valence-electron chi connectivity index (χ4n) is 2.97. The van der Waals surface area contributed by atoms with Gasteiger partial charge in [0.1, 0.15) is 5.82 Å². The Kier molecular flexibility index (Phi) is 5.65. The molecule has 6 heteroatoms. The minimum Gasteiger partial charge on any atom is -0.348 e. The number of aromatic nitrogens is 2. The molecule has 0 aliphatic rings. The van der Waals surface area contributed by atoms with E-state index in [-0.39, 0.29) is 5.91 Å². The number of imidazole rings is 1. The van der Waals surface area contributed by atoms with Crippen LogP contribution in [0.15, 0.2) is 72.8 Å². The Balaban J connectivity index is 1.71. The molecule has 0 fully saturated rings. The Labute approximate surface area is 178 Å². The molecule has 0 spiro atoms. The van der Waals surface area contributed by atoms with Crippen molar-refractivity contribution in [2.24, 2.45) is 0 Å². The lowest BCUT2D eigenvalue weighted by atomic mass is 10.1. The second-order valence-electron chi connectivity index (χ2n) is 6.49. The zero-order valence-corrected chi connectivity index (χ0v) is 16.8. The minimum absolute atomic E-state index is 0.251. The van der Waals surface area contributed by atoms with Crippen LogP contribution in [0.2, 0.25) is 10.0 Å². The van der Waals surface area contributed by atoms with E-state index in [1.807, 2.05) is 54.6 Å². The van der Waals surface area contributed by atoms with E-state index in [4.69, 9.17) is 23.2 Å². The van der Waals surface area contributed by atoms with Gasteiger partial charge < -0.3 is 10.3 Å². The number of para-hydroxylation sites is 2. The van der Waals surface area contributed by atoms with Crippen molar-refractivity contribution in [1.29, 1.82) is 0 Å². The first-order chi connectivity index (χ1) is 14.1. The third-order valence-corrected chi connectivity index (χ3v) is 5.01. The van der Waals surface area contributed by atoms with E-state index < -0.39 is 0 Å². The first-order valence-corrected chi connectivity index (χ1v) is 9.80. The number of nitrogens with zero attached hydrogens (tertiary/aromatic N) is 1. The summed E-state index contributed by atoms with van der Waals surface area (Å²) < 4.78 is 0. The summed E-state index contributed by atoms with van der Waals surface area (Å²) in [6.45, 7) is 0.408. The predicted molar refractivity (Wildman–Crippen MR) is 119 cm³/mol. The maximum Gasteiger partial charge on any atom is 0.255 e. The molecule has 0 aliphatic carbocycles. The van der Waals surface area contributed by atoms with E-state index >= 15 is 0 Å². The number of halogens is 2. The zero-order valence-electron chi connectivity index (χ0n) is 15.3. The number of amides is 1. The Morgan fingerprint density at radius 2 is 1.76 bits per heavy atom. The number of benzene rings is 3. The number of fused-ring (bicyclic) bond motifs is 1. The molecule has 0 atom stereocenters. The van der Waals surface area contributed by atoms with Gasteiger partial charge in [-0.15, -0.1) is 0 Å². The Bertz CT molecular complexity index is 1170. The van der Waals surface area contributed by atoms with Crippen molar-refractivity contribution in [3.05, 3.63) is 99.8 Å². The van der Waals surface area contributed by atoms with E-state index in [1.54, 1.807) is 24.3 Å². The number of hydrogen-bond donors (Lipinski definition) is 2. The molecular weight excluding hydrogens is 405 g/mol. The molecule has 1 heterocycles. The molecule has 0 bridgehead atoms. The third-order valence-electron chi connectivity index (χ3n) is 4.45. The van der Waals surface area contributed by atoms with Crippen molar-refractivity contribution >= 4 is 51.8 Å². The first-order valence-electron chi connectivity index (χ1n) is 9.04. The number of nitrogens with one attached hydrogen (secondary N) is 2. The lowest BCUT2D eigenvalue weighted by Gasteiger charge is -2.08. The number of aromatic amines is 1. The molecule has 1 amide bonds. The Hall–Kier alpha value is -3.08. The summed E-state index contributed by atoms with van der Waals surface area (Å²) in [5.74, 6) is 0.224. The standard InChI is InChI=1S/C23H17Cl2N3O/c24-17-11-10-16(19(25)13-17)12-18(22-27-20-8-4-5-9-21(20)28-22)23(29)26-14-15-6-2-1-3-7-15/h1-13H,14H2,(H,26,29)(H,27,28). The molecule has 0 unspecified atom stereocenters. The highest BCUT2D eigenvalue weighted by molar-refractivity contribution is 6.36. The molecule has 144 valence electrons. The summed E-state index contributed by atoms with van der Waals surface area (Å²) in [5.41, 5.74) is 3.72. The average molecular weight is 422 g/mol. The monoisotopic (exact) mass is 421 g/mol. The van der Waals surface area contributed by atoms with Crippen LogP contribution in [0.4, 0.5) is 0 Å². The zero-order chi connectivity index (χ0) is 20.2. The largest absolute Gasteiger partial charge is 0.348 e. The van der Waals surface area contributed by atoms with Crippen LogP contribution in [0.1, 0.15) is 17.0 Å². The lowest BCUT2D eigenvalue weighted by molar-refractivity contribution is -0.115. The molecule has 4 nitrogen and oxygen atoms in total. The van der Waals surface area contributed by atoms with Crippen LogP contribution in [0.5, 0.6) is 0 Å². The summed E-state index contributed by atoms with van der Waals surface area (Å²) in [4.78, 5) is 20.9. The summed E-state index contributed by atoms with van der Waals surface area (Å²) in [6, 6.07) is 22.5. The van der Waals surface area contributed by atoms with E-state index in [9.17, 15) is 4.79 Å². The Morgan fingerprint density at radius 3 is 2.52 bits per heavy atom. The van der Waals surface area contributed by atoms with Crippen LogP contribution in [0.3, 0.4) is 0 Å². The van der Waals surface area contributed by atoms with Crippen molar-refractivity contribution < 1.29 is 4.79 Å². The number of hydrogen-bond acceptors (Lipinski definition) is 2. The second kappa shape index (κ2) is 8.52. The van der Waals surface area contributed by atoms with E-state index in [0.29, 0.717) is 33.6 Å². The SMILES string of the molecule is O=C(NCc1ccccc1)C(=Cc1ccc(Cl)cc1Cl)c1nc2ccccc2[nH]1. The number of carbonyl (C=O) groups excluding carboxylic acids is 1. The summed E-state index contributed by atoms with van der Waals surface area (Å²) in [7, 11) is 0. The van der Waals surface area contributed by atoms with Gasteiger partial charge in [-0.25, -0.2) is 4.98 Å². The smallest absolute Gasteiger partial charge is 0.255 e. The van der Waals surface area contributed by atoms with Gasteiger partial charge in [0.2, 0.25) is 0 Å². The average Bonchev–Trinajstić information content (AvgIpc) is 3.16. The fraction of sp³-hybridized carbons (Fsp3) is 0.0435. The first kappa shape index (κ1) is 19.2. The van der Waals surface area contributed by atoms with Gasteiger partial charge in [0.25, 0.3) is 5.91 Å². The van der Waals surface area contributed by atoms with E-state index in [1.165, 1.54) is 0 Å². The minimum atomic E-state index is -0.251. The van der Waals surface area contributed by atoms with E-state index in [0.717, 1.165) is 16.6 Å². The van der Waals surface area contributed by atoms with Gasteiger partial charge in [-0.2, -0.15) is 0 Å². The molecule has 2 N–H and O–H groups in total. The van der Waals surface area contributed by atoms with Gasteiger partial charge in [0.15, 0.2) is 0 Å². The molecule has 3 aromatic carbocycles. The van der Waals surface area contributed by atoms with Crippen LogP contribution in [-0.2, 0) is 11.3 Å². The van der Waals surface area contributed by atoms with Crippen LogP contribution in [0.25, 0.3) is 22.7 Å². The lowest BCUT2D eigenvalue weighted by Crippen LogP contribution is -2.24. The summed E-state index contributed by atoms with van der Waals surface area (Å²) in [6.07, 6.45) is 1.72. The molecule has 29 heavy (non-hydrogen) atoms. The maximum absolute atomic E-state index is 13.1. The van der Waals surface area contributed by atoms with Crippen LogP contribution >= 0.6 is 23.2 Å². The van der Waals surface area contributed by atoms with Crippen LogP contribution < -0.4 is 5.32 Å². The van der Waals surface area contributed by atoms with Gasteiger partial charge in [-0.1, -0.05) is 71.7 Å². The predicted octanol–water partition coefficient (Wildman–Crippen LogP) is 5.73. The highest BCUT2D eigenvalue weighted by atomic mass is 35.5. The number of carbonyl (C=O) groups is 1. The van der Waals surface area contributed by atoms with Crippen molar-refractivity contribution in [2.75, 3.05) is 0 Å².